The molecule has 0 fully saturated rings. The molecule has 0 N–H and O–H groups in total. The van der Waals surface area contributed by atoms with Crippen LogP contribution in [0.3, 0.4) is 0 Å². The normalized spacial score (nSPS) is 24.8. The van der Waals surface area contributed by atoms with Gasteiger partial charge in [0.1, 0.15) is 0 Å². The molecule has 2 nitrogen and oxygen atoms in total. The Bertz CT molecular complexity index is 304. The van der Waals surface area contributed by atoms with E-state index >= 15 is 0 Å². The van der Waals surface area contributed by atoms with Gasteiger partial charge in [0.05, 0.1) is 9.30 Å². The number of carbonyl (C=O) groups excluding carboxylic acids is 1. The largest absolute Gasteiger partial charge is 0.462 e. The van der Waals surface area contributed by atoms with Crippen LogP contribution in [-0.2, 0) is 9.53 Å². The summed E-state index contributed by atoms with van der Waals surface area (Å²) >= 11 is 0. The molecule has 0 saturated heterocycles. The fourth-order valence-electron chi connectivity index (χ4n) is 0.159. The number of hydrogen-bond donors (Lipinski definition) is 0. The van der Waals surface area contributed by atoms with E-state index in [1.54, 1.807) is 0 Å². The molecule has 0 aliphatic heterocycles. The van der Waals surface area contributed by atoms with E-state index in [0.717, 1.165) is 0 Å². The van der Waals surface area contributed by atoms with E-state index in [1.807, 2.05) is 0 Å². The number of carbonyl (C=O) groups is 1. The second-order valence-corrected chi connectivity index (χ2v) is 1.40. The van der Waals surface area contributed by atoms with Gasteiger partial charge in [-0.05, 0) is 13.3 Å². The van der Waals surface area contributed by atoms with E-state index in [4.69, 9.17) is 9.60 Å². The van der Waals surface area contributed by atoms with E-state index in [9.17, 15) is 4.79 Å². The van der Waals surface area contributed by atoms with E-state index in [2.05, 4.69) is 11.3 Å². The third kappa shape index (κ3) is 3.76. The summed E-state index contributed by atoms with van der Waals surface area (Å²) in [5.41, 5.74) is -0.148. The van der Waals surface area contributed by atoms with Gasteiger partial charge in [0, 0.05) is 12.4 Å². The first kappa shape index (κ1) is 2.11. The Balaban J connectivity index is 5.06. The van der Waals surface area contributed by atoms with Crippen molar-refractivity contribution in [3.63, 3.8) is 0 Å². The first-order valence-corrected chi connectivity index (χ1v) is 2.22. The van der Waals surface area contributed by atoms with Crippen molar-refractivity contribution >= 4 is 5.97 Å². The van der Waals surface area contributed by atoms with E-state index in [1.165, 1.54) is 6.92 Å². The Morgan fingerprint density at radius 2 is 2.67 bits per heavy atom. The van der Waals surface area contributed by atoms with Crippen molar-refractivity contribution in [3.05, 3.63) is 12.2 Å². The van der Waals surface area contributed by atoms with E-state index in [0.29, 0.717) is 0 Å². The lowest BCUT2D eigenvalue weighted by Crippen LogP contribution is -2.04. The molecule has 0 bridgehead atoms. The molecule has 2 heteroatoms. The van der Waals surface area contributed by atoms with Crippen LogP contribution >= 0.6 is 0 Å². The Morgan fingerprint density at radius 3 is 3.11 bits per heavy atom. The van der Waals surface area contributed by atoms with Crippen molar-refractivity contribution in [2.24, 2.45) is 0 Å². The summed E-state index contributed by atoms with van der Waals surface area (Å²) in [7, 11) is 0. The number of esters is 1. The van der Waals surface area contributed by atoms with Gasteiger partial charge in [0.2, 0.25) is 0 Å². The Kier molecular flexibility index (Phi) is 0.969. The monoisotopic (exact) mass is 135 g/mol. The zero-order chi connectivity index (χ0) is 13.4. The zero-order valence-corrected chi connectivity index (χ0v) is 5.02. The quantitative estimate of drug-likeness (QED) is 0.433. The minimum atomic E-state index is -3.30. The molecule has 0 heterocycles. The maximum absolute atomic E-state index is 11.0. The van der Waals surface area contributed by atoms with Crippen LogP contribution in [0.2, 0.25) is 0 Å². The van der Waals surface area contributed by atoms with Gasteiger partial charge in [-0.3, -0.25) is 0 Å². The lowest BCUT2D eigenvalue weighted by atomic mass is 10.4. The van der Waals surface area contributed by atoms with Gasteiger partial charge in [0.15, 0.2) is 0 Å². The molecule has 9 heavy (non-hydrogen) atoms. The summed E-state index contributed by atoms with van der Waals surface area (Å²) in [5, 5.41) is 0. The smallest absolute Gasteiger partial charge is 0.333 e. The maximum atomic E-state index is 11.0. The average Bonchev–Trinajstić information content (AvgIpc) is 2.00. The molecular formula is C7H12O2. The minimum absolute atomic E-state index is 0.148. The van der Waals surface area contributed by atoms with E-state index in [-0.39, 0.29) is 5.57 Å². The molecule has 0 atom stereocenters. The predicted molar refractivity (Wildman–Crippen MR) is 36.1 cm³/mol. The zero-order valence-electron chi connectivity index (χ0n) is 12.0. The van der Waals surface area contributed by atoms with Crippen LogP contribution in [0, 0.1) is 0 Å². The highest BCUT2D eigenvalue weighted by molar-refractivity contribution is 5.86. The molecule has 0 aromatic carbocycles. The first-order valence-electron chi connectivity index (χ1n) is 5.72. The van der Waals surface area contributed by atoms with Gasteiger partial charge >= 0.3 is 5.97 Å². The topological polar surface area (TPSA) is 26.3 Å². The summed E-state index contributed by atoms with van der Waals surface area (Å²) in [4.78, 5) is 11.0. The molecule has 0 radical (unpaired) electrons. The van der Waals surface area contributed by atoms with Gasteiger partial charge in [-0.25, -0.2) is 4.79 Å². The maximum Gasteiger partial charge on any atom is 0.333 e. The summed E-state index contributed by atoms with van der Waals surface area (Å²) < 4.78 is 53.3. The minimum Gasteiger partial charge on any atom is -0.462 e. The standard InChI is InChI=1S/C7H12O2/c1-4-5-9-7(8)6(2)3/h2,4-5H2,1,3H3/i1D3,4D2,5D2. The Morgan fingerprint density at radius 1 is 2.00 bits per heavy atom. The Labute approximate surface area is 65.3 Å². The van der Waals surface area contributed by atoms with Crippen molar-refractivity contribution < 1.29 is 19.1 Å². The summed E-state index contributed by atoms with van der Waals surface area (Å²) in [5.74, 6) is -1.18. The highest BCUT2D eigenvalue weighted by Gasteiger charge is 1.99. The van der Waals surface area contributed by atoms with Crippen LogP contribution in [0.25, 0.3) is 0 Å². The molecule has 0 unspecified atom stereocenters. The highest BCUT2D eigenvalue weighted by atomic mass is 16.5. The highest BCUT2D eigenvalue weighted by Crippen LogP contribution is 1.91. The van der Waals surface area contributed by atoms with Gasteiger partial charge < -0.3 is 4.74 Å². The van der Waals surface area contributed by atoms with Crippen LogP contribution in [-0.4, -0.2) is 12.5 Å². The lowest BCUT2D eigenvalue weighted by molar-refractivity contribution is -0.138. The fourth-order valence-corrected chi connectivity index (χ4v) is 0.159. The van der Waals surface area contributed by atoms with Gasteiger partial charge in [-0.15, -0.1) is 0 Å². The van der Waals surface area contributed by atoms with E-state index < -0.39 is 25.8 Å². The van der Waals surface area contributed by atoms with Crippen molar-refractivity contribution in [2.75, 3.05) is 6.56 Å². The predicted octanol–water partition coefficient (Wildman–Crippen LogP) is 1.52. The number of rotatable bonds is 3. The summed E-state index contributed by atoms with van der Waals surface area (Å²) in [6.45, 7) is -2.08. The van der Waals surface area contributed by atoms with Gasteiger partial charge in [-0.1, -0.05) is 13.4 Å². The third-order valence-electron chi connectivity index (χ3n) is 0.543. The van der Waals surface area contributed by atoms with Crippen LogP contribution in [0.4, 0.5) is 0 Å². The van der Waals surface area contributed by atoms with Crippen LogP contribution in [0.1, 0.15) is 29.7 Å². The van der Waals surface area contributed by atoms with Crippen molar-refractivity contribution in [1.29, 1.82) is 0 Å². The number of hydrogen-bond acceptors (Lipinski definition) is 2. The van der Waals surface area contributed by atoms with Crippen LogP contribution in [0.5, 0.6) is 0 Å². The molecule has 52 valence electrons. The van der Waals surface area contributed by atoms with Crippen molar-refractivity contribution in [3.8, 4) is 0 Å². The first-order chi connectivity index (χ1) is 6.83. The van der Waals surface area contributed by atoms with Crippen LogP contribution in [0.15, 0.2) is 12.2 Å². The SMILES string of the molecule is [2H]C([2H])([2H])C([2H])([2H])C([2H])([2H])OC(=O)C(=C)C. The van der Waals surface area contributed by atoms with Gasteiger partial charge in [-0.2, -0.15) is 0 Å². The molecule has 0 aliphatic rings. The molecule has 0 aliphatic carbocycles. The summed E-state index contributed by atoms with van der Waals surface area (Å²) in [6, 6.07) is 0. The molecule has 0 aromatic rings. The molecule has 0 saturated carbocycles. The van der Waals surface area contributed by atoms with Gasteiger partial charge in [0.25, 0.3) is 0 Å². The second kappa shape index (κ2) is 4.13. The van der Waals surface area contributed by atoms with Crippen molar-refractivity contribution in [2.45, 2.75) is 20.1 Å². The average molecular weight is 135 g/mol. The summed E-state index contributed by atoms with van der Waals surface area (Å²) in [6.07, 6.45) is -3.30. The molecule has 0 aromatic heterocycles. The molecule has 0 amide bonds. The molecular weight excluding hydrogens is 116 g/mol. The fraction of sp³-hybridized carbons (Fsp3) is 0.571. The second-order valence-electron chi connectivity index (χ2n) is 1.40. The Hall–Kier alpha value is -0.790. The van der Waals surface area contributed by atoms with Crippen molar-refractivity contribution in [1.82, 2.24) is 0 Å². The van der Waals surface area contributed by atoms with Crippen LogP contribution < -0.4 is 0 Å². The lowest BCUT2D eigenvalue weighted by Gasteiger charge is -1.99. The number of ether oxygens (including phenoxy) is 1. The third-order valence-corrected chi connectivity index (χ3v) is 0.543. The molecule has 0 spiro atoms. The molecule has 0 rings (SSSR count).